The number of rotatable bonds is 5. The number of piperazine rings is 1. The molecule has 0 atom stereocenters. The molecule has 1 saturated heterocycles. The topological polar surface area (TPSA) is 21.8 Å². The highest BCUT2D eigenvalue weighted by Crippen LogP contribution is 2.33. The minimum Gasteiger partial charge on any atom is -0.373 e. The van der Waals surface area contributed by atoms with E-state index in [1.165, 1.54) is 16.9 Å². The zero-order chi connectivity index (χ0) is 15.4. The zero-order valence-electron chi connectivity index (χ0n) is 13.6. The summed E-state index contributed by atoms with van der Waals surface area (Å²) in [6.07, 6.45) is 0. The van der Waals surface area contributed by atoms with Crippen LogP contribution in [0.2, 0.25) is 5.02 Å². The SMILES string of the molecule is Cc1c(N(C)CCN(C)C)cc(Cl)cc1N1CCNCC1. The third-order valence-corrected chi connectivity index (χ3v) is 4.29. The highest BCUT2D eigenvalue weighted by atomic mass is 35.5. The van der Waals surface area contributed by atoms with Crippen LogP contribution >= 0.6 is 11.6 Å². The summed E-state index contributed by atoms with van der Waals surface area (Å²) in [5.41, 5.74) is 3.83. The first kappa shape index (κ1) is 16.4. The van der Waals surface area contributed by atoms with Gasteiger partial charge in [-0.05, 0) is 38.7 Å². The van der Waals surface area contributed by atoms with E-state index in [1.807, 2.05) is 0 Å². The molecule has 0 amide bonds. The fraction of sp³-hybridized carbons (Fsp3) is 0.625. The Hall–Kier alpha value is -0.970. The molecule has 1 aromatic rings. The van der Waals surface area contributed by atoms with Gasteiger partial charge in [-0.15, -0.1) is 0 Å². The molecule has 1 aliphatic heterocycles. The lowest BCUT2D eigenvalue weighted by Crippen LogP contribution is -2.44. The van der Waals surface area contributed by atoms with E-state index in [4.69, 9.17) is 11.6 Å². The van der Waals surface area contributed by atoms with Gasteiger partial charge in [-0.25, -0.2) is 0 Å². The first-order valence-corrected chi connectivity index (χ1v) is 7.98. The molecule has 0 aromatic heterocycles. The van der Waals surface area contributed by atoms with Crippen molar-refractivity contribution >= 4 is 23.0 Å². The van der Waals surface area contributed by atoms with Crippen molar-refractivity contribution < 1.29 is 0 Å². The molecule has 1 aromatic carbocycles. The Morgan fingerprint density at radius 2 is 1.81 bits per heavy atom. The number of anilines is 2. The van der Waals surface area contributed by atoms with Crippen LogP contribution in [0.1, 0.15) is 5.56 Å². The van der Waals surface area contributed by atoms with Crippen molar-refractivity contribution in [3.05, 3.63) is 22.7 Å². The van der Waals surface area contributed by atoms with Gasteiger partial charge in [0.15, 0.2) is 0 Å². The predicted molar refractivity (Wildman–Crippen MR) is 93.1 cm³/mol. The molecule has 1 N–H and O–H groups in total. The highest BCUT2D eigenvalue weighted by molar-refractivity contribution is 6.31. The minimum atomic E-state index is 0.820. The first-order chi connectivity index (χ1) is 9.99. The van der Waals surface area contributed by atoms with Gasteiger partial charge in [-0.3, -0.25) is 0 Å². The molecule has 0 bridgehead atoms. The summed E-state index contributed by atoms with van der Waals surface area (Å²) in [5, 5.41) is 4.22. The summed E-state index contributed by atoms with van der Waals surface area (Å²) in [6, 6.07) is 4.18. The fourth-order valence-corrected chi connectivity index (χ4v) is 2.96. The van der Waals surface area contributed by atoms with Crippen LogP contribution in [0.5, 0.6) is 0 Å². The van der Waals surface area contributed by atoms with E-state index in [0.717, 1.165) is 44.3 Å². The summed E-state index contributed by atoms with van der Waals surface area (Å²) >= 11 is 6.37. The van der Waals surface area contributed by atoms with Crippen molar-refractivity contribution in [3.8, 4) is 0 Å². The number of benzene rings is 1. The molecule has 118 valence electrons. The Labute approximate surface area is 133 Å². The van der Waals surface area contributed by atoms with Crippen LogP contribution in [0.4, 0.5) is 11.4 Å². The van der Waals surface area contributed by atoms with Crippen LogP contribution in [-0.4, -0.2) is 65.3 Å². The average Bonchev–Trinajstić information content (AvgIpc) is 2.47. The van der Waals surface area contributed by atoms with E-state index < -0.39 is 0 Å². The van der Waals surface area contributed by atoms with Gasteiger partial charge < -0.3 is 20.0 Å². The molecule has 1 fully saturated rings. The van der Waals surface area contributed by atoms with Crippen molar-refractivity contribution in [1.82, 2.24) is 10.2 Å². The number of likely N-dealkylation sites (N-methyl/N-ethyl adjacent to an activating group) is 2. The molecule has 1 heterocycles. The van der Waals surface area contributed by atoms with E-state index >= 15 is 0 Å². The number of hydrogen-bond donors (Lipinski definition) is 1. The van der Waals surface area contributed by atoms with Gasteiger partial charge in [-0.1, -0.05) is 11.6 Å². The van der Waals surface area contributed by atoms with Gasteiger partial charge in [0.05, 0.1) is 0 Å². The maximum absolute atomic E-state index is 6.37. The van der Waals surface area contributed by atoms with Crippen LogP contribution in [-0.2, 0) is 0 Å². The fourth-order valence-electron chi connectivity index (χ4n) is 2.75. The normalized spacial score (nSPS) is 15.6. The van der Waals surface area contributed by atoms with Gasteiger partial charge in [0, 0.05) is 62.7 Å². The largest absolute Gasteiger partial charge is 0.373 e. The van der Waals surface area contributed by atoms with Gasteiger partial charge in [0.1, 0.15) is 0 Å². The Balaban J connectivity index is 2.23. The van der Waals surface area contributed by atoms with Crippen LogP contribution < -0.4 is 15.1 Å². The summed E-state index contributed by atoms with van der Waals surface area (Å²) in [6.45, 7) is 8.40. The van der Waals surface area contributed by atoms with E-state index in [2.05, 4.69) is 60.2 Å². The lowest BCUT2D eigenvalue weighted by molar-refractivity contribution is 0.416. The average molecular weight is 311 g/mol. The van der Waals surface area contributed by atoms with Gasteiger partial charge >= 0.3 is 0 Å². The third kappa shape index (κ3) is 4.25. The number of nitrogens with one attached hydrogen (secondary N) is 1. The van der Waals surface area contributed by atoms with E-state index in [9.17, 15) is 0 Å². The molecular formula is C16H27ClN4. The highest BCUT2D eigenvalue weighted by Gasteiger charge is 2.17. The van der Waals surface area contributed by atoms with Gasteiger partial charge in [0.25, 0.3) is 0 Å². The van der Waals surface area contributed by atoms with Crippen molar-refractivity contribution in [3.63, 3.8) is 0 Å². The lowest BCUT2D eigenvalue weighted by Gasteiger charge is -2.33. The van der Waals surface area contributed by atoms with Crippen LogP contribution in [0.15, 0.2) is 12.1 Å². The van der Waals surface area contributed by atoms with Gasteiger partial charge in [-0.2, -0.15) is 0 Å². The minimum absolute atomic E-state index is 0.820. The van der Waals surface area contributed by atoms with Crippen LogP contribution in [0, 0.1) is 6.92 Å². The summed E-state index contributed by atoms with van der Waals surface area (Å²) < 4.78 is 0. The Morgan fingerprint density at radius 1 is 1.14 bits per heavy atom. The monoisotopic (exact) mass is 310 g/mol. The molecular weight excluding hydrogens is 284 g/mol. The number of nitrogens with zero attached hydrogens (tertiary/aromatic N) is 3. The van der Waals surface area contributed by atoms with E-state index in [1.54, 1.807) is 0 Å². The summed E-state index contributed by atoms with van der Waals surface area (Å²) in [7, 11) is 6.35. The Kier molecular flexibility index (Phi) is 5.73. The maximum Gasteiger partial charge on any atom is 0.0447 e. The van der Waals surface area contributed by atoms with Crippen molar-refractivity contribution in [2.45, 2.75) is 6.92 Å². The molecule has 2 rings (SSSR count). The molecule has 0 spiro atoms. The molecule has 0 aliphatic carbocycles. The van der Waals surface area contributed by atoms with Crippen molar-refractivity contribution in [2.75, 3.05) is 70.2 Å². The Morgan fingerprint density at radius 3 is 2.43 bits per heavy atom. The second-order valence-corrected chi connectivity index (χ2v) is 6.47. The number of hydrogen-bond acceptors (Lipinski definition) is 4. The van der Waals surface area contributed by atoms with Crippen molar-refractivity contribution in [2.24, 2.45) is 0 Å². The zero-order valence-corrected chi connectivity index (χ0v) is 14.4. The molecule has 5 heteroatoms. The lowest BCUT2D eigenvalue weighted by atomic mass is 10.1. The third-order valence-electron chi connectivity index (χ3n) is 4.07. The quantitative estimate of drug-likeness (QED) is 0.898. The van der Waals surface area contributed by atoms with E-state index in [0.29, 0.717) is 0 Å². The molecule has 0 unspecified atom stereocenters. The smallest absolute Gasteiger partial charge is 0.0447 e. The Bertz CT molecular complexity index is 470. The van der Waals surface area contributed by atoms with Crippen molar-refractivity contribution in [1.29, 1.82) is 0 Å². The molecule has 21 heavy (non-hydrogen) atoms. The number of halogens is 1. The second kappa shape index (κ2) is 7.34. The second-order valence-electron chi connectivity index (χ2n) is 6.03. The van der Waals surface area contributed by atoms with Crippen LogP contribution in [0.3, 0.4) is 0 Å². The van der Waals surface area contributed by atoms with Gasteiger partial charge in [0.2, 0.25) is 0 Å². The van der Waals surface area contributed by atoms with E-state index in [-0.39, 0.29) is 0 Å². The molecule has 0 radical (unpaired) electrons. The molecule has 1 aliphatic rings. The predicted octanol–water partition coefficient (Wildman–Crippen LogP) is 2.06. The maximum atomic E-state index is 6.37. The molecule has 4 nitrogen and oxygen atoms in total. The summed E-state index contributed by atoms with van der Waals surface area (Å²) in [4.78, 5) is 6.93. The first-order valence-electron chi connectivity index (χ1n) is 7.60. The summed E-state index contributed by atoms with van der Waals surface area (Å²) in [5.74, 6) is 0. The van der Waals surface area contributed by atoms with Crippen LogP contribution in [0.25, 0.3) is 0 Å². The molecule has 0 saturated carbocycles. The standard InChI is InChI=1S/C16H27ClN4/c1-13-15(20(4)10-9-19(2)3)11-14(17)12-16(13)21-7-5-18-6-8-21/h11-12,18H,5-10H2,1-4H3.